The number of esters is 1. The van der Waals surface area contributed by atoms with Gasteiger partial charge in [0.1, 0.15) is 23.9 Å². The summed E-state index contributed by atoms with van der Waals surface area (Å²) in [5.74, 6) is -1.88. The van der Waals surface area contributed by atoms with E-state index in [1.165, 1.54) is 0 Å². The molecule has 0 aliphatic heterocycles. The number of hydrogen-bond acceptors (Lipinski definition) is 11. The highest BCUT2D eigenvalue weighted by Gasteiger charge is 2.39. The number of carbonyl (C=O) groups excluding carboxylic acids is 5. The Kier molecular flexibility index (Phi) is 20.5. The Hall–Kier alpha value is -3.55. The van der Waals surface area contributed by atoms with E-state index >= 15 is 0 Å². The van der Waals surface area contributed by atoms with E-state index in [0.29, 0.717) is 38.8 Å². The van der Waals surface area contributed by atoms with E-state index in [-0.39, 0.29) is 38.8 Å². The predicted octanol–water partition coefficient (Wildman–Crippen LogP) is 5.55. The number of ether oxygens (including phenoxy) is 3. The summed E-state index contributed by atoms with van der Waals surface area (Å²) in [6, 6.07) is 6.78. The summed E-state index contributed by atoms with van der Waals surface area (Å²) >= 11 is 0. The fourth-order valence-electron chi connectivity index (χ4n) is 5.03. The monoisotopic (exact) mass is 705 g/mol. The molecule has 13 nitrogen and oxygen atoms in total. The van der Waals surface area contributed by atoms with Crippen molar-refractivity contribution in [3.05, 3.63) is 35.9 Å². The predicted molar refractivity (Wildman–Crippen MR) is 193 cm³/mol. The molecule has 1 aromatic carbocycles. The molecule has 284 valence electrons. The molecule has 0 saturated carbocycles. The molecule has 0 aliphatic carbocycles. The van der Waals surface area contributed by atoms with Gasteiger partial charge in [-0.1, -0.05) is 56.0 Å². The van der Waals surface area contributed by atoms with E-state index < -0.39 is 53.3 Å². The van der Waals surface area contributed by atoms with Gasteiger partial charge >= 0.3 is 18.2 Å². The Balaban J connectivity index is 3.23. The van der Waals surface area contributed by atoms with Crippen molar-refractivity contribution in [2.24, 2.45) is 17.2 Å². The first-order chi connectivity index (χ1) is 23.5. The van der Waals surface area contributed by atoms with Crippen molar-refractivity contribution >= 4 is 30.0 Å². The van der Waals surface area contributed by atoms with Gasteiger partial charge in [0.15, 0.2) is 0 Å². The number of nitrogens with two attached hydrogens (primary N) is 3. The summed E-state index contributed by atoms with van der Waals surface area (Å²) in [5.41, 5.74) is 16.5. The van der Waals surface area contributed by atoms with Crippen LogP contribution < -0.4 is 17.2 Å². The fraction of sp³-hybridized carbons (Fsp3) is 0.703. The first-order valence-corrected chi connectivity index (χ1v) is 18.0. The van der Waals surface area contributed by atoms with E-state index in [9.17, 15) is 24.0 Å². The van der Waals surface area contributed by atoms with Gasteiger partial charge in [-0.3, -0.25) is 14.5 Å². The molecule has 0 saturated heterocycles. The smallest absolute Gasteiger partial charge is 0.419 e. The molecule has 0 bridgehead atoms. The largest absolute Gasteiger partial charge is 0.458 e. The maximum Gasteiger partial charge on any atom is 0.419 e. The van der Waals surface area contributed by atoms with Crippen LogP contribution in [-0.4, -0.2) is 82.7 Å². The minimum absolute atomic E-state index is 0.0274. The van der Waals surface area contributed by atoms with Crippen molar-refractivity contribution in [3.8, 4) is 0 Å². The molecule has 0 spiro atoms. The number of carbonyl (C=O) groups is 5. The summed E-state index contributed by atoms with van der Waals surface area (Å²) in [4.78, 5) is 69.2. The first kappa shape index (κ1) is 44.5. The normalized spacial score (nSPS) is 12.8. The zero-order valence-corrected chi connectivity index (χ0v) is 31.2. The van der Waals surface area contributed by atoms with Gasteiger partial charge < -0.3 is 31.4 Å². The SMILES string of the molecule is CC(C)(C)OC(=O)[C@H](CCCCN(C(=O)OCc1ccccc1)C(=O)OC(C)(C)C)N(C(=O)CCCCCCCN)C(=O)[C@@H](N)CCCCN. The van der Waals surface area contributed by atoms with Crippen LogP contribution >= 0.6 is 0 Å². The summed E-state index contributed by atoms with van der Waals surface area (Å²) in [6.45, 7) is 11.1. The third-order valence-corrected chi connectivity index (χ3v) is 7.53. The molecule has 0 radical (unpaired) electrons. The zero-order valence-electron chi connectivity index (χ0n) is 31.2. The Labute approximate surface area is 298 Å². The molecule has 4 amide bonds. The van der Waals surface area contributed by atoms with E-state index in [4.69, 9.17) is 31.4 Å². The van der Waals surface area contributed by atoms with Crippen LogP contribution in [0.5, 0.6) is 0 Å². The van der Waals surface area contributed by atoms with Crippen molar-refractivity contribution in [1.29, 1.82) is 0 Å². The number of unbranched alkanes of at least 4 members (excludes halogenated alkanes) is 6. The van der Waals surface area contributed by atoms with E-state index in [1.807, 2.05) is 18.2 Å². The number of imide groups is 2. The average molecular weight is 706 g/mol. The van der Waals surface area contributed by atoms with Gasteiger partial charge in [-0.25, -0.2) is 19.3 Å². The Morgan fingerprint density at radius 1 is 0.700 bits per heavy atom. The molecule has 1 rings (SSSR count). The van der Waals surface area contributed by atoms with Gasteiger partial charge in [-0.2, -0.15) is 0 Å². The zero-order chi connectivity index (χ0) is 37.7. The van der Waals surface area contributed by atoms with Crippen molar-refractivity contribution < 1.29 is 38.2 Å². The second-order valence-electron chi connectivity index (χ2n) is 14.5. The van der Waals surface area contributed by atoms with Crippen LogP contribution in [0.2, 0.25) is 0 Å². The third kappa shape index (κ3) is 18.4. The number of hydrogen-bond donors (Lipinski definition) is 3. The standard InChI is InChI=1S/C37H63N5O8/c1-36(2,3)49-33(45)30(42(32(44)29(40)21-14-17-25-39)31(43)23-13-8-7-9-16-24-38)22-15-18-26-41(35(47)50-37(4,5)6)34(46)48-27-28-19-11-10-12-20-28/h10-12,19-20,29-30H,7-9,13-18,21-27,38-40H2,1-6H3/t29-,30-/m0/s1. The molecule has 0 fully saturated rings. The van der Waals surface area contributed by atoms with Gasteiger partial charge in [0.2, 0.25) is 11.8 Å². The molecule has 0 aromatic heterocycles. The molecular formula is C37H63N5O8. The molecule has 6 N–H and O–H groups in total. The van der Waals surface area contributed by atoms with Crippen molar-refractivity contribution in [1.82, 2.24) is 9.80 Å². The van der Waals surface area contributed by atoms with Crippen LogP contribution in [-0.2, 0) is 35.2 Å². The van der Waals surface area contributed by atoms with Crippen LogP contribution in [0.25, 0.3) is 0 Å². The molecule has 0 aliphatic rings. The van der Waals surface area contributed by atoms with Crippen LogP contribution in [0.15, 0.2) is 30.3 Å². The van der Waals surface area contributed by atoms with Gasteiger partial charge in [-0.15, -0.1) is 0 Å². The maximum atomic E-state index is 13.8. The fourth-order valence-corrected chi connectivity index (χ4v) is 5.03. The minimum Gasteiger partial charge on any atom is -0.458 e. The number of benzene rings is 1. The van der Waals surface area contributed by atoms with Crippen LogP contribution in [0, 0.1) is 0 Å². The molecule has 13 heteroatoms. The quantitative estimate of drug-likeness (QED) is 0.0823. The highest BCUT2D eigenvalue weighted by atomic mass is 16.6. The maximum absolute atomic E-state index is 13.8. The molecule has 1 aromatic rings. The van der Waals surface area contributed by atoms with Gasteiger partial charge in [0.05, 0.1) is 6.04 Å². The Bertz CT molecular complexity index is 1180. The van der Waals surface area contributed by atoms with Crippen molar-refractivity contribution in [2.45, 2.75) is 148 Å². The second kappa shape index (κ2) is 23.0. The third-order valence-electron chi connectivity index (χ3n) is 7.53. The highest BCUT2D eigenvalue weighted by molar-refractivity contribution is 6.01. The topological polar surface area (TPSA) is 198 Å². The van der Waals surface area contributed by atoms with Gasteiger partial charge in [0, 0.05) is 13.0 Å². The summed E-state index contributed by atoms with van der Waals surface area (Å²) in [6.07, 6.45) is 4.39. The summed E-state index contributed by atoms with van der Waals surface area (Å²) in [7, 11) is 0. The lowest BCUT2D eigenvalue weighted by atomic mass is 10.0. The Morgan fingerprint density at radius 3 is 1.86 bits per heavy atom. The highest BCUT2D eigenvalue weighted by Crippen LogP contribution is 2.21. The number of nitrogens with zero attached hydrogens (tertiary/aromatic N) is 2. The summed E-state index contributed by atoms with van der Waals surface area (Å²) < 4.78 is 16.6. The lowest BCUT2D eigenvalue weighted by Crippen LogP contribution is -2.55. The molecule has 0 heterocycles. The van der Waals surface area contributed by atoms with Crippen molar-refractivity contribution in [2.75, 3.05) is 19.6 Å². The van der Waals surface area contributed by atoms with Crippen LogP contribution in [0.4, 0.5) is 9.59 Å². The molecule has 50 heavy (non-hydrogen) atoms. The van der Waals surface area contributed by atoms with Crippen LogP contribution in [0.1, 0.15) is 124 Å². The number of rotatable bonds is 21. The minimum atomic E-state index is -1.26. The summed E-state index contributed by atoms with van der Waals surface area (Å²) in [5, 5.41) is 0. The molecular weight excluding hydrogens is 642 g/mol. The first-order valence-electron chi connectivity index (χ1n) is 18.0. The van der Waals surface area contributed by atoms with Crippen molar-refractivity contribution in [3.63, 3.8) is 0 Å². The van der Waals surface area contributed by atoms with E-state index in [1.54, 1.807) is 53.7 Å². The van der Waals surface area contributed by atoms with E-state index in [0.717, 1.165) is 41.0 Å². The van der Waals surface area contributed by atoms with Crippen LogP contribution in [0.3, 0.4) is 0 Å². The Morgan fingerprint density at radius 2 is 1.26 bits per heavy atom. The van der Waals surface area contributed by atoms with Gasteiger partial charge in [-0.05, 0) is 105 Å². The van der Waals surface area contributed by atoms with E-state index in [2.05, 4.69) is 0 Å². The lowest BCUT2D eigenvalue weighted by Gasteiger charge is -2.33. The average Bonchev–Trinajstić information content (AvgIpc) is 3.03. The van der Waals surface area contributed by atoms with Gasteiger partial charge in [0.25, 0.3) is 0 Å². The molecule has 0 unspecified atom stereocenters. The second-order valence-corrected chi connectivity index (χ2v) is 14.5. The number of amides is 4. The lowest BCUT2D eigenvalue weighted by molar-refractivity contribution is -0.169. The molecule has 2 atom stereocenters.